The van der Waals surface area contributed by atoms with Crippen LogP contribution in [0.15, 0.2) is 0 Å². The molecule has 0 aromatic carbocycles. The third kappa shape index (κ3) is 1.52. The first-order valence-corrected chi connectivity index (χ1v) is 2.91. The van der Waals surface area contributed by atoms with Crippen LogP contribution in [0.2, 0.25) is 0 Å². The van der Waals surface area contributed by atoms with E-state index in [2.05, 4.69) is 12.2 Å². The van der Waals surface area contributed by atoms with Crippen molar-refractivity contribution in [3.8, 4) is 0 Å². The molecule has 0 bridgehead atoms. The lowest BCUT2D eigenvalue weighted by atomic mass is 10.4. The van der Waals surface area contributed by atoms with Crippen LogP contribution >= 0.6 is 0 Å². The van der Waals surface area contributed by atoms with Gasteiger partial charge in [-0.3, -0.25) is 4.79 Å². The summed E-state index contributed by atoms with van der Waals surface area (Å²) >= 11 is 0. The van der Waals surface area contributed by atoms with Crippen LogP contribution in [0.4, 0.5) is 0 Å². The molecule has 1 N–H and O–H groups in total. The van der Waals surface area contributed by atoms with Crippen LogP contribution in [0.25, 0.3) is 0 Å². The van der Waals surface area contributed by atoms with Crippen LogP contribution in [-0.4, -0.2) is 11.9 Å². The highest BCUT2D eigenvalue weighted by Crippen LogP contribution is 2.18. The van der Waals surface area contributed by atoms with E-state index in [1.54, 1.807) is 0 Å². The van der Waals surface area contributed by atoms with Crippen molar-refractivity contribution in [1.29, 1.82) is 0 Å². The molecule has 1 amide bonds. The van der Waals surface area contributed by atoms with Crippen molar-refractivity contribution in [2.75, 3.05) is 0 Å². The Kier molecular flexibility index (Phi) is 1.51. The van der Waals surface area contributed by atoms with E-state index >= 15 is 0 Å². The van der Waals surface area contributed by atoms with Crippen molar-refractivity contribution in [2.24, 2.45) is 0 Å². The van der Waals surface area contributed by atoms with Crippen LogP contribution in [0.3, 0.4) is 0 Å². The summed E-state index contributed by atoms with van der Waals surface area (Å²) in [6, 6.07) is 0.490. The van der Waals surface area contributed by atoms with E-state index in [1.807, 2.05) is 0 Å². The summed E-state index contributed by atoms with van der Waals surface area (Å²) in [6.45, 7) is 3.45. The van der Waals surface area contributed by atoms with E-state index < -0.39 is 0 Å². The third-order valence-corrected chi connectivity index (χ3v) is 1.17. The van der Waals surface area contributed by atoms with E-state index in [0.29, 0.717) is 12.5 Å². The number of hydrogen-bond acceptors (Lipinski definition) is 1. The molecular formula is C6H10NO. The van der Waals surface area contributed by atoms with E-state index in [9.17, 15) is 4.79 Å². The number of carbonyl (C=O) groups is 1. The maximum absolute atomic E-state index is 10.5. The molecule has 0 aliphatic heterocycles. The Balaban J connectivity index is 2.07. The smallest absolute Gasteiger partial charge is 0.220 e. The normalized spacial score (nSPS) is 18.1. The topological polar surface area (TPSA) is 29.1 Å². The predicted octanol–water partition coefficient (Wildman–Crippen LogP) is 0.489. The summed E-state index contributed by atoms with van der Waals surface area (Å²) in [5.41, 5.74) is 0. The van der Waals surface area contributed by atoms with E-state index in [1.165, 1.54) is 0 Å². The van der Waals surface area contributed by atoms with Gasteiger partial charge in [0.25, 0.3) is 0 Å². The molecular weight excluding hydrogens is 102 g/mol. The molecule has 1 fully saturated rings. The summed E-state index contributed by atoms with van der Waals surface area (Å²) < 4.78 is 0. The lowest BCUT2D eigenvalue weighted by Gasteiger charge is -1.96. The molecule has 0 atom stereocenters. The highest BCUT2D eigenvalue weighted by atomic mass is 16.1. The van der Waals surface area contributed by atoms with E-state index in [4.69, 9.17) is 0 Å². The standard InChI is InChI=1S/C6H10NO/c1-2-6(8)7-5-3-4-5/h5H,1-4H2,(H,7,8). The second-order valence-corrected chi connectivity index (χ2v) is 2.09. The summed E-state index contributed by atoms with van der Waals surface area (Å²) in [7, 11) is 0. The molecule has 45 valence electrons. The van der Waals surface area contributed by atoms with Gasteiger partial charge in [0.15, 0.2) is 0 Å². The second kappa shape index (κ2) is 2.16. The summed E-state index contributed by atoms with van der Waals surface area (Å²) in [5.74, 6) is 0.0764. The van der Waals surface area contributed by atoms with E-state index in [0.717, 1.165) is 12.8 Å². The molecule has 2 nitrogen and oxygen atoms in total. The average molecular weight is 112 g/mol. The first-order chi connectivity index (χ1) is 3.83. The molecule has 1 aliphatic carbocycles. The molecule has 2 heteroatoms. The van der Waals surface area contributed by atoms with Gasteiger partial charge in [0, 0.05) is 12.5 Å². The summed E-state index contributed by atoms with van der Waals surface area (Å²) in [4.78, 5) is 10.5. The van der Waals surface area contributed by atoms with Gasteiger partial charge in [-0.05, 0) is 19.8 Å². The molecule has 1 saturated carbocycles. The third-order valence-electron chi connectivity index (χ3n) is 1.17. The van der Waals surface area contributed by atoms with Crippen molar-refractivity contribution < 1.29 is 4.79 Å². The monoisotopic (exact) mass is 112 g/mol. The lowest BCUT2D eigenvalue weighted by molar-refractivity contribution is -0.120. The van der Waals surface area contributed by atoms with Crippen LogP contribution in [0.5, 0.6) is 0 Å². The fraction of sp³-hybridized carbons (Fsp3) is 0.667. The molecule has 1 radical (unpaired) electrons. The fourth-order valence-corrected chi connectivity index (χ4v) is 0.528. The Bertz CT molecular complexity index is 96.7. The molecule has 1 rings (SSSR count). The van der Waals surface area contributed by atoms with Crippen LogP contribution < -0.4 is 5.32 Å². The number of hydrogen-bond donors (Lipinski definition) is 1. The van der Waals surface area contributed by atoms with Gasteiger partial charge >= 0.3 is 0 Å². The number of nitrogens with one attached hydrogen (secondary N) is 1. The second-order valence-electron chi connectivity index (χ2n) is 2.09. The zero-order valence-electron chi connectivity index (χ0n) is 4.81. The van der Waals surface area contributed by atoms with Gasteiger partial charge in [-0.2, -0.15) is 0 Å². The first-order valence-electron chi connectivity index (χ1n) is 2.91. The van der Waals surface area contributed by atoms with Crippen molar-refractivity contribution >= 4 is 5.91 Å². The van der Waals surface area contributed by atoms with Crippen molar-refractivity contribution in [3.05, 3.63) is 6.92 Å². The Labute approximate surface area is 49.3 Å². The molecule has 0 aromatic heterocycles. The Hall–Kier alpha value is -0.530. The lowest BCUT2D eigenvalue weighted by Crippen LogP contribution is -2.23. The minimum Gasteiger partial charge on any atom is -0.353 e. The van der Waals surface area contributed by atoms with Crippen LogP contribution in [-0.2, 0) is 4.79 Å². The summed E-state index contributed by atoms with van der Waals surface area (Å²) in [6.07, 6.45) is 2.69. The van der Waals surface area contributed by atoms with Crippen molar-refractivity contribution in [1.82, 2.24) is 5.32 Å². The van der Waals surface area contributed by atoms with Crippen molar-refractivity contribution in [3.63, 3.8) is 0 Å². The summed E-state index contributed by atoms with van der Waals surface area (Å²) in [5, 5.41) is 2.80. The van der Waals surface area contributed by atoms with Gasteiger partial charge < -0.3 is 5.32 Å². The maximum Gasteiger partial charge on any atom is 0.220 e. The molecule has 0 heterocycles. The number of carbonyl (C=O) groups excluding carboxylic acids is 1. The molecule has 1 aliphatic rings. The quantitative estimate of drug-likeness (QED) is 0.553. The molecule has 0 saturated heterocycles. The Morgan fingerprint density at radius 1 is 1.75 bits per heavy atom. The molecule has 0 aromatic rings. The maximum atomic E-state index is 10.5. The number of rotatable bonds is 2. The van der Waals surface area contributed by atoms with Crippen molar-refractivity contribution in [2.45, 2.75) is 25.3 Å². The highest BCUT2D eigenvalue weighted by Gasteiger charge is 2.21. The fourth-order valence-electron chi connectivity index (χ4n) is 0.528. The van der Waals surface area contributed by atoms with Gasteiger partial charge in [-0.1, -0.05) is 0 Å². The van der Waals surface area contributed by atoms with Crippen LogP contribution in [0.1, 0.15) is 19.3 Å². The molecule has 0 unspecified atom stereocenters. The zero-order chi connectivity index (χ0) is 5.98. The van der Waals surface area contributed by atoms with Gasteiger partial charge in [-0.25, -0.2) is 0 Å². The van der Waals surface area contributed by atoms with Gasteiger partial charge in [0.1, 0.15) is 0 Å². The van der Waals surface area contributed by atoms with Gasteiger partial charge in [-0.15, -0.1) is 0 Å². The molecule has 8 heavy (non-hydrogen) atoms. The predicted molar refractivity (Wildman–Crippen MR) is 31.1 cm³/mol. The zero-order valence-corrected chi connectivity index (χ0v) is 4.81. The molecule has 0 spiro atoms. The SMILES string of the molecule is [CH2]CC(=O)NC1CC1. The first kappa shape index (κ1) is 5.60. The Morgan fingerprint density at radius 2 is 2.38 bits per heavy atom. The number of amides is 1. The van der Waals surface area contributed by atoms with Gasteiger partial charge in [0.05, 0.1) is 0 Å². The minimum atomic E-state index is 0.0764. The highest BCUT2D eigenvalue weighted by molar-refractivity contribution is 5.76. The average Bonchev–Trinajstić information content (AvgIpc) is 2.50. The van der Waals surface area contributed by atoms with Crippen LogP contribution in [0, 0.1) is 6.92 Å². The van der Waals surface area contributed by atoms with E-state index in [-0.39, 0.29) is 5.91 Å². The van der Waals surface area contributed by atoms with Gasteiger partial charge in [0.2, 0.25) is 5.91 Å². The minimum absolute atomic E-state index is 0.0764. The Morgan fingerprint density at radius 3 is 2.75 bits per heavy atom. The largest absolute Gasteiger partial charge is 0.353 e.